The van der Waals surface area contributed by atoms with Crippen LogP contribution in [0.3, 0.4) is 0 Å². The monoisotopic (exact) mass is 261 g/mol. The van der Waals surface area contributed by atoms with Crippen LogP contribution in [-0.2, 0) is 4.79 Å². The van der Waals surface area contributed by atoms with Crippen molar-refractivity contribution in [3.05, 3.63) is 0 Å². The summed E-state index contributed by atoms with van der Waals surface area (Å²) in [4.78, 5) is 13.9. The van der Waals surface area contributed by atoms with Crippen LogP contribution < -0.4 is 0 Å². The number of rotatable bonds is 2. The molecule has 0 aromatic rings. The van der Waals surface area contributed by atoms with Crippen molar-refractivity contribution in [1.29, 1.82) is 0 Å². The van der Waals surface area contributed by atoms with Crippen molar-refractivity contribution in [2.45, 2.75) is 44.9 Å². The number of amides is 1. The first-order valence-corrected chi connectivity index (χ1v) is 6.06. The molecule has 1 rings (SSSR count). The van der Waals surface area contributed by atoms with Crippen LogP contribution in [0.4, 0.5) is 0 Å². The molecule has 1 atom stereocenters. The van der Waals surface area contributed by atoms with E-state index in [1.54, 1.807) is 0 Å². The standard InChI is InChI=1S/C11H20BrNO/c1-5-11(4)6-7-13(8-11)9(14)10(2,3)12/h5-8H2,1-4H3. The zero-order valence-corrected chi connectivity index (χ0v) is 11.1. The summed E-state index contributed by atoms with van der Waals surface area (Å²) in [5.74, 6) is 0.217. The largest absolute Gasteiger partial charge is 0.341 e. The molecule has 1 aliphatic heterocycles. The van der Waals surface area contributed by atoms with E-state index in [4.69, 9.17) is 0 Å². The van der Waals surface area contributed by atoms with Crippen LogP contribution in [-0.4, -0.2) is 28.2 Å². The number of carbonyl (C=O) groups excluding carboxylic acids is 1. The fraction of sp³-hybridized carbons (Fsp3) is 0.909. The molecule has 0 aromatic heterocycles. The molecule has 3 heteroatoms. The van der Waals surface area contributed by atoms with Gasteiger partial charge in [0, 0.05) is 13.1 Å². The lowest BCUT2D eigenvalue weighted by atomic mass is 9.87. The van der Waals surface area contributed by atoms with Gasteiger partial charge in [-0.15, -0.1) is 0 Å². The zero-order chi connectivity index (χ0) is 11.0. The number of hydrogen-bond donors (Lipinski definition) is 0. The van der Waals surface area contributed by atoms with Crippen LogP contribution in [0.1, 0.15) is 40.5 Å². The topological polar surface area (TPSA) is 20.3 Å². The van der Waals surface area contributed by atoms with E-state index in [1.807, 2.05) is 18.7 Å². The van der Waals surface area contributed by atoms with Gasteiger partial charge in [0.15, 0.2) is 0 Å². The fourth-order valence-electron chi connectivity index (χ4n) is 1.86. The summed E-state index contributed by atoms with van der Waals surface area (Å²) < 4.78 is -0.411. The third kappa shape index (κ3) is 2.50. The van der Waals surface area contributed by atoms with Gasteiger partial charge in [0.1, 0.15) is 0 Å². The van der Waals surface area contributed by atoms with E-state index in [9.17, 15) is 4.79 Å². The minimum absolute atomic E-state index is 0.217. The smallest absolute Gasteiger partial charge is 0.238 e. The second kappa shape index (κ2) is 3.84. The highest BCUT2D eigenvalue weighted by Gasteiger charge is 2.38. The molecule has 1 amide bonds. The average molecular weight is 262 g/mol. The Kier molecular flexibility index (Phi) is 3.30. The molecule has 0 radical (unpaired) electrons. The van der Waals surface area contributed by atoms with Gasteiger partial charge in [-0.1, -0.05) is 29.8 Å². The van der Waals surface area contributed by atoms with Gasteiger partial charge in [-0.05, 0) is 32.1 Å². The van der Waals surface area contributed by atoms with Gasteiger partial charge >= 0.3 is 0 Å². The molecule has 0 bridgehead atoms. The Hall–Kier alpha value is -0.0500. The summed E-state index contributed by atoms with van der Waals surface area (Å²) >= 11 is 3.42. The Bertz CT molecular complexity index is 234. The minimum Gasteiger partial charge on any atom is -0.341 e. The summed E-state index contributed by atoms with van der Waals surface area (Å²) in [6, 6.07) is 0. The molecule has 1 heterocycles. The molecule has 0 aromatic carbocycles. The Morgan fingerprint density at radius 3 is 2.50 bits per heavy atom. The first kappa shape index (κ1) is 12.0. The van der Waals surface area contributed by atoms with Crippen LogP contribution in [0.15, 0.2) is 0 Å². The predicted molar refractivity (Wildman–Crippen MR) is 62.6 cm³/mol. The maximum absolute atomic E-state index is 11.9. The zero-order valence-electron chi connectivity index (χ0n) is 9.56. The average Bonchev–Trinajstić information content (AvgIpc) is 2.46. The molecule has 14 heavy (non-hydrogen) atoms. The van der Waals surface area contributed by atoms with E-state index in [-0.39, 0.29) is 5.91 Å². The molecule has 1 saturated heterocycles. The maximum Gasteiger partial charge on any atom is 0.238 e. The molecule has 1 fully saturated rings. The van der Waals surface area contributed by atoms with Crippen LogP contribution >= 0.6 is 15.9 Å². The van der Waals surface area contributed by atoms with Gasteiger partial charge in [0.05, 0.1) is 4.32 Å². The Morgan fingerprint density at radius 2 is 2.14 bits per heavy atom. The number of likely N-dealkylation sites (tertiary alicyclic amines) is 1. The molecule has 0 aliphatic carbocycles. The minimum atomic E-state index is -0.411. The lowest BCUT2D eigenvalue weighted by molar-refractivity contribution is -0.132. The van der Waals surface area contributed by atoms with E-state index in [2.05, 4.69) is 29.8 Å². The Labute approximate surface area is 95.2 Å². The molecule has 0 saturated carbocycles. The lowest BCUT2D eigenvalue weighted by Crippen LogP contribution is -2.41. The van der Waals surface area contributed by atoms with Gasteiger partial charge in [0.25, 0.3) is 0 Å². The third-order valence-electron chi connectivity index (χ3n) is 3.21. The molecule has 2 nitrogen and oxygen atoms in total. The Balaban J connectivity index is 2.63. The quantitative estimate of drug-likeness (QED) is 0.701. The SMILES string of the molecule is CCC1(C)CCN(C(=O)C(C)(C)Br)C1. The highest BCUT2D eigenvalue weighted by molar-refractivity contribution is 9.10. The van der Waals surface area contributed by atoms with Gasteiger partial charge in [-0.2, -0.15) is 0 Å². The molecule has 1 unspecified atom stereocenters. The molecule has 0 N–H and O–H groups in total. The van der Waals surface area contributed by atoms with Crippen LogP contribution in [0.25, 0.3) is 0 Å². The van der Waals surface area contributed by atoms with Gasteiger partial charge in [0.2, 0.25) is 5.91 Å². The normalized spacial score (nSPS) is 28.2. The van der Waals surface area contributed by atoms with Gasteiger partial charge in [-0.3, -0.25) is 4.79 Å². The fourth-order valence-corrected chi connectivity index (χ4v) is 2.11. The van der Waals surface area contributed by atoms with Crippen LogP contribution in [0.5, 0.6) is 0 Å². The van der Waals surface area contributed by atoms with Crippen molar-refractivity contribution in [2.24, 2.45) is 5.41 Å². The third-order valence-corrected chi connectivity index (χ3v) is 3.55. The summed E-state index contributed by atoms with van der Waals surface area (Å²) in [5.41, 5.74) is 0.341. The van der Waals surface area contributed by atoms with E-state index < -0.39 is 4.32 Å². The van der Waals surface area contributed by atoms with Crippen molar-refractivity contribution in [3.63, 3.8) is 0 Å². The highest BCUT2D eigenvalue weighted by atomic mass is 79.9. The number of nitrogens with zero attached hydrogens (tertiary/aromatic N) is 1. The molecular weight excluding hydrogens is 242 g/mol. The first-order chi connectivity index (χ1) is 6.28. The summed E-state index contributed by atoms with van der Waals surface area (Å²) in [7, 11) is 0. The predicted octanol–water partition coefficient (Wildman–Crippen LogP) is 2.81. The number of carbonyl (C=O) groups is 1. The Morgan fingerprint density at radius 1 is 1.57 bits per heavy atom. The van der Waals surface area contributed by atoms with Crippen LogP contribution in [0, 0.1) is 5.41 Å². The van der Waals surface area contributed by atoms with Crippen molar-refractivity contribution in [1.82, 2.24) is 4.90 Å². The number of hydrogen-bond acceptors (Lipinski definition) is 1. The van der Waals surface area contributed by atoms with Crippen molar-refractivity contribution in [3.8, 4) is 0 Å². The van der Waals surface area contributed by atoms with E-state index in [0.29, 0.717) is 5.41 Å². The second-order valence-corrected chi connectivity index (χ2v) is 7.10. The molecule has 0 spiro atoms. The second-order valence-electron chi connectivity index (χ2n) is 5.11. The molecule has 1 aliphatic rings. The van der Waals surface area contributed by atoms with Crippen molar-refractivity contribution < 1.29 is 4.79 Å². The first-order valence-electron chi connectivity index (χ1n) is 5.27. The van der Waals surface area contributed by atoms with Gasteiger partial charge < -0.3 is 4.90 Å². The number of alkyl halides is 1. The van der Waals surface area contributed by atoms with Crippen molar-refractivity contribution in [2.75, 3.05) is 13.1 Å². The van der Waals surface area contributed by atoms with Crippen LogP contribution in [0.2, 0.25) is 0 Å². The van der Waals surface area contributed by atoms with Crippen molar-refractivity contribution >= 4 is 21.8 Å². The lowest BCUT2D eigenvalue weighted by Gasteiger charge is -2.27. The molecule has 82 valence electrons. The maximum atomic E-state index is 11.9. The van der Waals surface area contributed by atoms with E-state index in [1.165, 1.54) is 0 Å². The van der Waals surface area contributed by atoms with E-state index in [0.717, 1.165) is 25.9 Å². The summed E-state index contributed by atoms with van der Waals surface area (Å²) in [6.07, 6.45) is 2.29. The molecular formula is C11H20BrNO. The van der Waals surface area contributed by atoms with E-state index >= 15 is 0 Å². The summed E-state index contributed by atoms with van der Waals surface area (Å²) in [6.45, 7) is 10.1. The highest BCUT2D eigenvalue weighted by Crippen LogP contribution is 2.34. The number of halogens is 1. The van der Waals surface area contributed by atoms with Gasteiger partial charge in [-0.25, -0.2) is 0 Å². The summed E-state index contributed by atoms with van der Waals surface area (Å²) in [5, 5.41) is 0.